The largest absolute Gasteiger partial charge is 0.364 e. The molecule has 0 aliphatic carbocycles. The van der Waals surface area contributed by atoms with Gasteiger partial charge in [0.1, 0.15) is 5.02 Å². The second kappa shape index (κ2) is 6.36. The molecule has 0 aromatic carbocycles. The highest BCUT2D eigenvalue weighted by molar-refractivity contribution is 9.11. The van der Waals surface area contributed by atoms with Crippen LogP contribution in [-0.2, 0) is 6.54 Å². The molecule has 4 nitrogen and oxygen atoms in total. The molecule has 2 rings (SSSR count). The average Bonchev–Trinajstić information content (AvgIpc) is 2.76. The maximum Gasteiger partial charge on any atom is 0.224 e. The van der Waals surface area contributed by atoms with E-state index in [1.807, 2.05) is 13.0 Å². The Morgan fingerprint density at radius 1 is 1.39 bits per heavy atom. The molecule has 0 aliphatic heterocycles. The molecular formula is C11H12BrClN4S. The first kappa shape index (κ1) is 13.6. The molecule has 18 heavy (non-hydrogen) atoms. The second-order valence-electron chi connectivity index (χ2n) is 3.48. The lowest BCUT2D eigenvalue weighted by molar-refractivity contribution is 1.06. The fraction of sp³-hybridized carbons (Fsp3) is 0.273. The van der Waals surface area contributed by atoms with Gasteiger partial charge in [0.25, 0.3) is 0 Å². The van der Waals surface area contributed by atoms with Crippen LogP contribution in [0.2, 0.25) is 5.02 Å². The predicted molar refractivity (Wildman–Crippen MR) is 80.6 cm³/mol. The zero-order chi connectivity index (χ0) is 13.0. The summed E-state index contributed by atoms with van der Waals surface area (Å²) in [4.78, 5) is 9.61. The number of anilines is 2. The molecule has 0 atom stereocenters. The zero-order valence-corrected chi connectivity index (χ0v) is 12.9. The third-order valence-electron chi connectivity index (χ3n) is 2.14. The van der Waals surface area contributed by atoms with Crippen molar-refractivity contribution in [2.75, 3.05) is 17.2 Å². The standard InChI is InChI=1S/C11H12BrClN4S/c1-2-14-11-16-6-8(13)10(17-11)15-5-7-3-4-9(12)18-7/h3-4,6H,2,5H2,1H3,(H2,14,15,16,17). The van der Waals surface area contributed by atoms with E-state index in [2.05, 4.69) is 42.6 Å². The van der Waals surface area contributed by atoms with E-state index < -0.39 is 0 Å². The van der Waals surface area contributed by atoms with Gasteiger partial charge in [0, 0.05) is 11.4 Å². The SMILES string of the molecule is CCNc1ncc(Cl)c(NCc2ccc(Br)s2)n1. The molecule has 96 valence electrons. The quantitative estimate of drug-likeness (QED) is 0.858. The third-order valence-corrected chi connectivity index (χ3v) is 4.04. The van der Waals surface area contributed by atoms with Crippen LogP contribution in [0.15, 0.2) is 22.1 Å². The summed E-state index contributed by atoms with van der Waals surface area (Å²) in [5, 5.41) is 6.78. The van der Waals surface area contributed by atoms with Crippen LogP contribution in [0.3, 0.4) is 0 Å². The molecule has 0 bridgehead atoms. The molecule has 0 unspecified atom stereocenters. The Balaban J connectivity index is 2.05. The Kier molecular flexibility index (Phi) is 4.79. The van der Waals surface area contributed by atoms with Crippen LogP contribution in [-0.4, -0.2) is 16.5 Å². The van der Waals surface area contributed by atoms with Gasteiger partial charge in [-0.05, 0) is 35.0 Å². The van der Waals surface area contributed by atoms with E-state index in [0.29, 0.717) is 23.3 Å². The van der Waals surface area contributed by atoms with Crippen LogP contribution in [0, 0.1) is 0 Å². The van der Waals surface area contributed by atoms with Crippen molar-refractivity contribution in [1.29, 1.82) is 0 Å². The summed E-state index contributed by atoms with van der Waals surface area (Å²) in [6, 6.07) is 4.08. The highest BCUT2D eigenvalue weighted by atomic mass is 79.9. The van der Waals surface area contributed by atoms with E-state index in [0.717, 1.165) is 10.3 Å². The Morgan fingerprint density at radius 3 is 2.89 bits per heavy atom. The first-order valence-corrected chi connectivity index (χ1v) is 7.42. The van der Waals surface area contributed by atoms with E-state index >= 15 is 0 Å². The normalized spacial score (nSPS) is 10.4. The molecule has 0 saturated carbocycles. The smallest absolute Gasteiger partial charge is 0.224 e. The van der Waals surface area contributed by atoms with Crippen LogP contribution < -0.4 is 10.6 Å². The number of rotatable bonds is 5. The summed E-state index contributed by atoms with van der Waals surface area (Å²) in [5.41, 5.74) is 0. The summed E-state index contributed by atoms with van der Waals surface area (Å²) in [7, 11) is 0. The lowest BCUT2D eigenvalue weighted by Gasteiger charge is -2.08. The molecule has 2 N–H and O–H groups in total. The molecule has 0 saturated heterocycles. The van der Waals surface area contributed by atoms with Gasteiger partial charge >= 0.3 is 0 Å². The van der Waals surface area contributed by atoms with Gasteiger partial charge in [-0.25, -0.2) is 4.98 Å². The predicted octanol–water partition coefficient (Wildman–Crippen LogP) is 4.00. The minimum Gasteiger partial charge on any atom is -0.364 e. The van der Waals surface area contributed by atoms with E-state index in [-0.39, 0.29) is 0 Å². The van der Waals surface area contributed by atoms with Crippen LogP contribution in [0.25, 0.3) is 0 Å². The number of thiophene rings is 1. The van der Waals surface area contributed by atoms with Gasteiger partial charge in [-0.3, -0.25) is 0 Å². The van der Waals surface area contributed by atoms with Crippen molar-refractivity contribution in [3.63, 3.8) is 0 Å². The van der Waals surface area contributed by atoms with E-state index in [4.69, 9.17) is 11.6 Å². The van der Waals surface area contributed by atoms with Crippen LogP contribution in [0.5, 0.6) is 0 Å². The molecule has 0 radical (unpaired) electrons. The van der Waals surface area contributed by atoms with Crippen molar-refractivity contribution >= 4 is 50.6 Å². The number of nitrogens with one attached hydrogen (secondary N) is 2. The fourth-order valence-electron chi connectivity index (χ4n) is 1.35. The first-order valence-electron chi connectivity index (χ1n) is 5.43. The van der Waals surface area contributed by atoms with Crippen molar-refractivity contribution < 1.29 is 0 Å². The van der Waals surface area contributed by atoms with E-state index in [1.165, 1.54) is 4.88 Å². The van der Waals surface area contributed by atoms with Gasteiger partial charge in [-0.15, -0.1) is 11.3 Å². The molecule has 2 heterocycles. The number of nitrogens with zero attached hydrogens (tertiary/aromatic N) is 2. The van der Waals surface area contributed by atoms with Crippen molar-refractivity contribution in [3.8, 4) is 0 Å². The molecule has 0 fully saturated rings. The second-order valence-corrected chi connectivity index (χ2v) is 6.43. The summed E-state index contributed by atoms with van der Waals surface area (Å²) in [6.07, 6.45) is 1.60. The van der Waals surface area contributed by atoms with Crippen LogP contribution in [0.4, 0.5) is 11.8 Å². The molecule has 7 heteroatoms. The number of halogens is 2. The number of hydrogen-bond acceptors (Lipinski definition) is 5. The monoisotopic (exact) mass is 346 g/mol. The summed E-state index contributed by atoms with van der Waals surface area (Å²) in [6.45, 7) is 3.46. The molecule has 0 aliphatic rings. The van der Waals surface area contributed by atoms with Gasteiger partial charge in [0.2, 0.25) is 5.95 Å². The summed E-state index contributed by atoms with van der Waals surface area (Å²) in [5.74, 6) is 1.23. The molecular weight excluding hydrogens is 336 g/mol. The van der Waals surface area contributed by atoms with Crippen molar-refractivity contribution in [2.45, 2.75) is 13.5 Å². The van der Waals surface area contributed by atoms with Crippen molar-refractivity contribution in [2.24, 2.45) is 0 Å². The Morgan fingerprint density at radius 2 is 2.22 bits per heavy atom. The zero-order valence-electron chi connectivity index (χ0n) is 9.70. The molecule has 2 aromatic heterocycles. The highest BCUT2D eigenvalue weighted by Gasteiger charge is 2.05. The average molecular weight is 348 g/mol. The van der Waals surface area contributed by atoms with Gasteiger partial charge in [-0.1, -0.05) is 11.6 Å². The van der Waals surface area contributed by atoms with Crippen LogP contribution in [0.1, 0.15) is 11.8 Å². The minimum absolute atomic E-state index is 0.521. The van der Waals surface area contributed by atoms with E-state index in [9.17, 15) is 0 Å². The first-order chi connectivity index (χ1) is 8.69. The van der Waals surface area contributed by atoms with Gasteiger partial charge < -0.3 is 10.6 Å². The van der Waals surface area contributed by atoms with Crippen molar-refractivity contribution in [1.82, 2.24) is 9.97 Å². The summed E-state index contributed by atoms with van der Waals surface area (Å²) >= 11 is 11.2. The van der Waals surface area contributed by atoms with Gasteiger partial charge in [-0.2, -0.15) is 4.98 Å². The fourth-order valence-corrected chi connectivity index (χ4v) is 2.93. The summed E-state index contributed by atoms with van der Waals surface area (Å²) < 4.78 is 1.11. The molecule has 0 amide bonds. The lowest BCUT2D eigenvalue weighted by atomic mass is 10.4. The van der Waals surface area contributed by atoms with Gasteiger partial charge in [0.15, 0.2) is 5.82 Å². The Labute approximate surface area is 123 Å². The molecule has 0 spiro atoms. The maximum atomic E-state index is 6.05. The van der Waals surface area contributed by atoms with E-state index in [1.54, 1.807) is 17.5 Å². The van der Waals surface area contributed by atoms with Crippen molar-refractivity contribution in [3.05, 3.63) is 32.0 Å². The number of hydrogen-bond donors (Lipinski definition) is 2. The Hall–Kier alpha value is -0.850. The molecule has 2 aromatic rings. The third kappa shape index (κ3) is 3.57. The Bertz CT molecular complexity index is 532. The van der Waals surface area contributed by atoms with Crippen LogP contribution >= 0.6 is 38.9 Å². The lowest BCUT2D eigenvalue weighted by Crippen LogP contribution is -2.06. The topological polar surface area (TPSA) is 49.8 Å². The maximum absolute atomic E-state index is 6.05. The minimum atomic E-state index is 0.521. The number of aromatic nitrogens is 2. The van der Waals surface area contributed by atoms with Gasteiger partial charge in [0.05, 0.1) is 16.5 Å². The highest BCUT2D eigenvalue weighted by Crippen LogP contribution is 2.24.